The van der Waals surface area contributed by atoms with Crippen LogP contribution in [0.1, 0.15) is 69.1 Å². The van der Waals surface area contributed by atoms with E-state index in [1.54, 1.807) is 18.0 Å². The fourth-order valence-electron chi connectivity index (χ4n) is 4.34. The van der Waals surface area contributed by atoms with E-state index in [1.165, 1.54) is 0 Å². The number of esters is 1. The Balaban J connectivity index is 1.87. The summed E-state index contributed by atoms with van der Waals surface area (Å²) in [6, 6.07) is 2.39. The number of rotatable bonds is 9. The second-order valence-electron chi connectivity index (χ2n) is 8.45. The molecule has 0 spiro atoms. The Morgan fingerprint density at radius 1 is 1.32 bits per heavy atom. The van der Waals surface area contributed by atoms with Gasteiger partial charge >= 0.3 is 5.97 Å². The molecule has 31 heavy (non-hydrogen) atoms. The highest BCUT2D eigenvalue weighted by Crippen LogP contribution is 2.23. The zero-order valence-electron chi connectivity index (χ0n) is 19.4. The van der Waals surface area contributed by atoms with Gasteiger partial charge in [-0.2, -0.15) is 5.10 Å². The van der Waals surface area contributed by atoms with Gasteiger partial charge in [0.25, 0.3) is 5.91 Å². The molecule has 1 amide bonds. The summed E-state index contributed by atoms with van der Waals surface area (Å²) in [6.07, 6.45) is 4.16. The number of likely N-dealkylation sites (N-methyl/N-ethyl adjacent to an activating group) is 1. The molecule has 3 heterocycles. The van der Waals surface area contributed by atoms with E-state index in [-0.39, 0.29) is 24.3 Å². The molecule has 1 fully saturated rings. The quantitative estimate of drug-likeness (QED) is 0.570. The normalized spacial score (nSPS) is 16.9. The smallest absolute Gasteiger partial charge is 0.307 e. The van der Waals surface area contributed by atoms with E-state index in [2.05, 4.69) is 30.8 Å². The summed E-state index contributed by atoms with van der Waals surface area (Å²) in [6.45, 7) is 13.2. The number of ether oxygens (including phenoxy) is 1. The van der Waals surface area contributed by atoms with Crippen LogP contribution >= 0.6 is 0 Å². The Morgan fingerprint density at radius 2 is 2.10 bits per heavy atom. The highest BCUT2D eigenvalue weighted by Gasteiger charge is 2.29. The van der Waals surface area contributed by atoms with Crippen molar-refractivity contribution in [2.24, 2.45) is 0 Å². The predicted molar refractivity (Wildman–Crippen MR) is 120 cm³/mol. The van der Waals surface area contributed by atoms with Crippen LogP contribution in [0.2, 0.25) is 0 Å². The van der Waals surface area contributed by atoms with Gasteiger partial charge in [-0.15, -0.1) is 0 Å². The van der Waals surface area contributed by atoms with Gasteiger partial charge < -0.3 is 9.64 Å². The van der Waals surface area contributed by atoms with Crippen molar-refractivity contribution in [2.45, 2.75) is 66.0 Å². The summed E-state index contributed by atoms with van der Waals surface area (Å²) >= 11 is 0. The Kier molecular flexibility index (Phi) is 7.64. The number of likely N-dealkylation sites (tertiary alicyclic amines) is 1. The van der Waals surface area contributed by atoms with Crippen LogP contribution < -0.4 is 0 Å². The van der Waals surface area contributed by atoms with Crippen LogP contribution in [0, 0.1) is 6.92 Å². The molecule has 1 aliphatic heterocycles. The molecule has 0 bridgehead atoms. The molecule has 0 aromatic carbocycles. The molecule has 0 aliphatic carbocycles. The molecule has 0 radical (unpaired) electrons. The van der Waals surface area contributed by atoms with Crippen LogP contribution in [0.3, 0.4) is 0 Å². The van der Waals surface area contributed by atoms with E-state index in [0.717, 1.165) is 37.0 Å². The number of carbonyl (C=O) groups excluding carboxylic acids is 2. The van der Waals surface area contributed by atoms with Crippen molar-refractivity contribution in [1.29, 1.82) is 0 Å². The van der Waals surface area contributed by atoms with Crippen LogP contribution in [0.4, 0.5) is 0 Å². The van der Waals surface area contributed by atoms with E-state index in [1.807, 2.05) is 17.7 Å². The van der Waals surface area contributed by atoms with Crippen molar-refractivity contribution in [2.75, 3.05) is 32.8 Å². The van der Waals surface area contributed by atoms with Gasteiger partial charge in [-0.3, -0.25) is 14.5 Å². The highest BCUT2D eigenvalue weighted by molar-refractivity contribution is 5.98. The summed E-state index contributed by atoms with van der Waals surface area (Å²) < 4.78 is 6.95. The standard InChI is InChI=1S/C23H35N5O3/c1-6-26-11-8-9-19(26)15-27(12-10-21(29)31-7-2)23(30)20-13-18-14-24-28(16(3)4)22(18)25-17(20)5/h13-14,16,19H,6-12,15H2,1-5H3. The third-order valence-corrected chi connectivity index (χ3v) is 5.99. The van der Waals surface area contributed by atoms with Crippen LogP contribution in [0.5, 0.6) is 0 Å². The Hall–Kier alpha value is -2.48. The van der Waals surface area contributed by atoms with Crippen LogP contribution in [-0.2, 0) is 9.53 Å². The van der Waals surface area contributed by atoms with Crippen molar-refractivity contribution in [1.82, 2.24) is 24.6 Å². The number of aryl methyl sites for hydroxylation is 1. The summed E-state index contributed by atoms with van der Waals surface area (Å²) in [4.78, 5) is 34.5. The number of carbonyl (C=O) groups is 2. The average Bonchev–Trinajstić information content (AvgIpc) is 3.36. The summed E-state index contributed by atoms with van der Waals surface area (Å²) in [7, 11) is 0. The second kappa shape index (κ2) is 10.2. The number of fused-ring (bicyclic) bond motifs is 1. The molecular weight excluding hydrogens is 394 g/mol. The Labute approximate surface area is 184 Å². The van der Waals surface area contributed by atoms with E-state index >= 15 is 0 Å². The molecular formula is C23H35N5O3. The molecule has 170 valence electrons. The maximum Gasteiger partial charge on any atom is 0.307 e. The highest BCUT2D eigenvalue weighted by atomic mass is 16.5. The molecule has 1 unspecified atom stereocenters. The molecule has 8 nitrogen and oxygen atoms in total. The number of hydrogen-bond acceptors (Lipinski definition) is 6. The molecule has 1 atom stereocenters. The zero-order valence-corrected chi connectivity index (χ0v) is 19.4. The van der Waals surface area contributed by atoms with Crippen molar-refractivity contribution >= 4 is 22.9 Å². The number of pyridine rings is 1. The zero-order chi connectivity index (χ0) is 22.5. The van der Waals surface area contributed by atoms with Crippen molar-refractivity contribution < 1.29 is 14.3 Å². The monoisotopic (exact) mass is 429 g/mol. The first-order valence-corrected chi connectivity index (χ1v) is 11.4. The lowest BCUT2D eigenvalue weighted by Crippen LogP contribution is -2.44. The molecule has 0 N–H and O–H groups in total. The number of hydrogen-bond donors (Lipinski definition) is 0. The average molecular weight is 430 g/mol. The van der Waals surface area contributed by atoms with E-state index < -0.39 is 0 Å². The third-order valence-electron chi connectivity index (χ3n) is 5.99. The Morgan fingerprint density at radius 3 is 2.77 bits per heavy atom. The van der Waals surface area contributed by atoms with Crippen LogP contribution in [0.15, 0.2) is 12.3 Å². The second-order valence-corrected chi connectivity index (χ2v) is 8.45. The predicted octanol–water partition coefficient (Wildman–Crippen LogP) is 3.20. The maximum atomic E-state index is 13.6. The minimum Gasteiger partial charge on any atom is -0.466 e. The molecule has 2 aromatic heterocycles. The van der Waals surface area contributed by atoms with E-state index in [9.17, 15) is 9.59 Å². The largest absolute Gasteiger partial charge is 0.466 e. The lowest BCUT2D eigenvalue weighted by atomic mass is 10.1. The van der Waals surface area contributed by atoms with Crippen molar-refractivity contribution in [3.8, 4) is 0 Å². The van der Waals surface area contributed by atoms with Crippen molar-refractivity contribution in [3.63, 3.8) is 0 Å². The van der Waals surface area contributed by atoms with Gasteiger partial charge in [-0.05, 0) is 59.7 Å². The maximum absolute atomic E-state index is 13.6. The lowest BCUT2D eigenvalue weighted by molar-refractivity contribution is -0.143. The first-order chi connectivity index (χ1) is 14.8. The van der Waals surface area contributed by atoms with Crippen LogP contribution in [-0.4, -0.2) is 75.3 Å². The van der Waals surface area contributed by atoms with Gasteiger partial charge in [0.1, 0.15) is 0 Å². The topological polar surface area (TPSA) is 80.6 Å². The van der Waals surface area contributed by atoms with Gasteiger partial charge in [-0.25, -0.2) is 9.67 Å². The van der Waals surface area contributed by atoms with Gasteiger partial charge in [0.2, 0.25) is 0 Å². The lowest BCUT2D eigenvalue weighted by Gasteiger charge is -2.30. The molecule has 0 saturated carbocycles. The minimum atomic E-state index is -0.275. The van der Waals surface area contributed by atoms with Gasteiger partial charge in [0.05, 0.1) is 30.5 Å². The van der Waals surface area contributed by atoms with E-state index in [0.29, 0.717) is 37.0 Å². The molecule has 8 heteroatoms. The number of aromatic nitrogens is 3. The first-order valence-electron chi connectivity index (χ1n) is 11.4. The van der Waals surface area contributed by atoms with Gasteiger partial charge in [0, 0.05) is 30.6 Å². The fourth-order valence-corrected chi connectivity index (χ4v) is 4.34. The third kappa shape index (κ3) is 5.23. The first kappa shape index (κ1) is 23.2. The number of nitrogens with zero attached hydrogens (tertiary/aromatic N) is 5. The summed E-state index contributed by atoms with van der Waals surface area (Å²) in [5.41, 5.74) is 2.04. The van der Waals surface area contributed by atoms with Gasteiger partial charge in [0.15, 0.2) is 5.65 Å². The summed E-state index contributed by atoms with van der Waals surface area (Å²) in [5.74, 6) is -0.362. The molecule has 1 saturated heterocycles. The number of amides is 1. The van der Waals surface area contributed by atoms with Crippen LogP contribution in [0.25, 0.3) is 11.0 Å². The van der Waals surface area contributed by atoms with Gasteiger partial charge in [-0.1, -0.05) is 6.92 Å². The molecule has 3 rings (SSSR count). The summed E-state index contributed by atoms with van der Waals surface area (Å²) in [5, 5.41) is 5.28. The SMILES string of the molecule is CCOC(=O)CCN(CC1CCCN1CC)C(=O)c1cc2cnn(C(C)C)c2nc1C. The van der Waals surface area contributed by atoms with E-state index in [4.69, 9.17) is 9.72 Å². The van der Waals surface area contributed by atoms with Crippen molar-refractivity contribution in [3.05, 3.63) is 23.5 Å². The molecule has 1 aliphatic rings. The Bertz CT molecular complexity index is 923. The minimum absolute atomic E-state index is 0.0866. The molecule has 2 aromatic rings. The fraction of sp³-hybridized carbons (Fsp3) is 0.652.